The number of rotatable bonds is 2. The Balaban J connectivity index is 2.30. The average Bonchev–Trinajstić information content (AvgIpc) is 2.66. The molecule has 7 nitrogen and oxygen atoms in total. The van der Waals surface area contributed by atoms with Crippen LogP contribution in [0.5, 0.6) is 0 Å². The predicted molar refractivity (Wildman–Crippen MR) is 87.7 cm³/mol. The number of aliphatic imine (C=N–C) groups is 1. The Morgan fingerprint density at radius 2 is 2.22 bits per heavy atom. The average molecular weight is 327 g/mol. The van der Waals surface area contributed by atoms with Gasteiger partial charge in [-0.1, -0.05) is 16.7 Å². The predicted octanol–water partition coefficient (Wildman–Crippen LogP) is 3.19. The molecule has 23 heavy (non-hydrogen) atoms. The third-order valence-electron chi connectivity index (χ3n) is 3.47. The van der Waals surface area contributed by atoms with Crippen LogP contribution >= 0.6 is 11.6 Å². The summed E-state index contributed by atoms with van der Waals surface area (Å²) >= 11 is 6.11. The second-order valence-corrected chi connectivity index (χ2v) is 5.29. The molecule has 0 saturated carbocycles. The van der Waals surface area contributed by atoms with Gasteiger partial charge in [0.2, 0.25) is 6.17 Å². The number of amides is 1. The van der Waals surface area contributed by atoms with E-state index in [0.29, 0.717) is 27.5 Å². The van der Waals surface area contributed by atoms with Gasteiger partial charge < -0.3 is 4.90 Å². The van der Waals surface area contributed by atoms with Crippen LogP contribution in [0.4, 0.5) is 5.69 Å². The van der Waals surface area contributed by atoms with Gasteiger partial charge in [0, 0.05) is 40.5 Å². The zero-order valence-electron chi connectivity index (χ0n) is 12.1. The van der Waals surface area contributed by atoms with E-state index in [1.807, 2.05) is 6.07 Å². The van der Waals surface area contributed by atoms with Crippen LogP contribution in [0, 0.1) is 0 Å². The SMILES string of the molecule is CN1C(=O)C(N=[N+]=[N-])N=C(c2cccnc2)c2cc(Cl)ccc21. The van der Waals surface area contributed by atoms with Crippen LogP contribution in [0.25, 0.3) is 10.4 Å². The largest absolute Gasteiger partial charge is 0.313 e. The highest BCUT2D eigenvalue weighted by Gasteiger charge is 2.29. The molecule has 1 aromatic carbocycles. The minimum absolute atomic E-state index is 0.412. The molecule has 0 bridgehead atoms. The number of carbonyl (C=O) groups excluding carboxylic acids is 1. The fraction of sp³-hybridized carbons (Fsp3) is 0.133. The van der Waals surface area contributed by atoms with Gasteiger partial charge >= 0.3 is 0 Å². The lowest BCUT2D eigenvalue weighted by Crippen LogP contribution is -2.33. The first-order valence-electron chi connectivity index (χ1n) is 6.71. The molecular formula is C15H11ClN6O. The van der Waals surface area contributed by atoms with Gasteiger partial charge in [0.25, 0.3) is 5.91 Å². The van der Waals surface area contributed by atoms with Gasteiger partial charge in [0.05, 0.1) is 11.4 Å². The number of likely N-dealkylation sites (N-methyl/N-ethyl adjacent to an activating group) is 1. The number of fused-ring (bicyclic) bond motifs is 1. The quantitative estimate of drug-likeness (QED) is 0.481. The van der Waals surface area contributed by atoms with E-state index in [4.69, 9.17) is 17.1 Å². The van der Waals surface area contributed by atoms with E-state index in [0.717, 1.165) is 0 Å². The van der Waals surface area contributed by atoms with E-state index in [1.165, 1.54) is 4.90 Å². The van der Waals surface area contributed by atoms with Crippen LogP contribution in [0.2, 0.25) is 5.02 Å². The highest BCUT2D eigenvalue weighted by molar-refractivity contribution is 6.32. The Bertz CT molecular complexity index is 844. The molecule has 1 atom stereocenters. The van der Waals surface area contributed by atoms with Gasteiger partial charge in [-0.2, -0.15) is 0 Å². The van der Waals surface area contributed by atoms with Gasteiger partial charge in [-0.3, -0.25) is 14.8 Å². The summed E-state index contributed by atoms with van der Waals surface area (Å²) in [6.45, 7) is 0. The van der Waals surface area contributed by atoms with Crippen molar-refractivity contribution in [2.45, 2.75) is 6.17 Å². The molecule has 0 saturated heterocycles. The van der Waals surface area contributed by atoms with Crippen LogP contribution < -0.4 is 4.90 Å². The Morgan fingerprint density at radius 3 is 2.91 bits per heavy atom. The summed E-state index contributed by atoms with van der Waals surface area (Å²) < 4.78 is 0. The second-order valence-electron chi connectivity index (χ2n) is 4.86. The van der Waals surface area contributed by atoms with E-state index in [-0.39, 0.29) is 0 Å². The summed E-state index contributed by atoms with van der Waals surface area (Å²) in [6.07, 6.45) is 2.10. The summed E-state index contributed by atoms with van der Waals surface area (Å²) in [5.74, 6) is -0.412. The van der Waals surface area contributed by atoms with Gasteiger partial charge in [-0.25, -0.2) is 0 Å². The van der Waals surface area contributed by atoms with Gasteiger partial charge in [0.1, 0.15) is 0 Å². The molecular weight excluding hydrogens is 316 g/mol. The maximum Gasteiger partial charge on any atom is 0.257 e. The minimum Gasteiger partial charge on any atom is -0.313 e. The monoisotopic (exact) mass is 326 g/mol. The molecule has 1 aromatic heterocycles. The van der Waals surface area contributed by atoms with Crippen molar-refractivity contribution in [2.75, 3.05) is 11.9 Å². The number of aromatic nitrogens is 1. The van der Waals surface area contributed by atoms with E-state index in [9.17, 15) is 4.79 Å². The van der Waals surface area contributed by atoms with Gasteiger partial charge in [-0.05, 0) is 35.9 Å². The number of benzodiazepines with no additional fused rings is 1. The molecule has 3 rings (SSSR count). The van der Waals surface area contributed by atoms with Crippen molar-refractivity contribution in [3.05, 3.63) is 69.3 Å². The highest BCUT2D eigenvalue weighted by atomic mass is 35.5. The van der Waals surface area contributed by atoms with Crippen LogP contribution in [-0.2, 0) is 4.79 Å². The Kier molecular flexibility index (Phi) is 3.97. The number of nitrogens with zero attached hydrogens (tertiary/aromatic N) is 6. The Labute approximate surface area is 136 Å². The van der Waals surface area contributed by atoms with Crippen molar-refractivity contribution in [1.29, 1.82) is 0 Å². The first-order chi connectivity index (χ1) is 11.1. The lowest BCUT2D eigenvalue weighted by Gasteiger charge is -2.19. The first kappa shape index (κ1) is 15.0. The molecule has 0 radical (unpaired) electrons. The topological polar surface area (TPSA) is 94.3 Å². The molecule has 2 aromatic rings. The zero-order chi connectivity index (χ0) is 16.4. The molecule has 114 valence electrons. The molecule has 1 unspecified atom stereocenters. The fourth-order valence-corrected chi connectivity index (χ4v) is 2.56. The molecule has 1 aliphatic rings. The number of hydrogen-bond donors (Lipinski definition) is 0. The zero-order valence-corrected chi connectivity index (χ0v) is 12.8. The summed E-state index contributed by atoms with van der Waals surface area (Å²) in [7, 11) is 1.61. The summed E-state index contributed by atoms with van der Waals surface area (Å²) in [4.78, 5) is 25.0. The molecule has 2 heterocycles. The van der Waals surface area contributed by atoms with Crippen LogP contribution in [0.1, 0.15) is 11.1 Å². The fourth-order valence-electron chi connectivity index (χ4n) is 2.39. The number of pyridine rings is 1. The van der Waals surface area contributed by atoms with Gasteiger partial charge in [0.15, 0.2) is 0 Å². The van der Waals surface area contributed by atoms with Crippen LogP contribution in [0.15, 0.2) is 52.8 Å². The first-order valence-corrected chi connectivity index (χ1v) is 7.09. The maximum absolute atomic E-state index is 12.5. The number of hydrogen-bond acceptors (Lipinski definition) is 4. The molecule has 0 aliphatic carbocycles. The second kappa shape index (κ2) is 6.08. The Morgan fingerprint density at radius 1 is 1.39 bits per heavy atom. The third kappa shape index (κ3) is 2.75. The third-order valence-corrected chi connectivity index (χ3v) is 3.71. The normalized spacial score (nSPS) is 17.0. The van der Waals surface area contributed by atoms with E-state index in [1.54, 1.807) is 43.7 Å². The number of benzene rings is 1. The van der Waals surface area contributed by atoms with Crippen LogP contribution in [0.3, 0.4) is 0 Å². The number of carbonyl (C=O) groups is 1. The molecule has 0 spiro atoms. The van der Waals surface area contributed by atoms with Crippen molar-refractivity contribution in [3.8, 4) is 0 Å². The lowest BCUT2D eigenvalue weighted by atomic mass is 10.0. The van der Waals surface area contributed by atoms with Crippen molar-refractivity contribution < 1.29 is 4.79 Å². The van der Waals surface area contributed by atoms with Crippen LogP contribution in [-0.4, -0.2) is 29.8 Å². The lowest BCUT2D eigenvalue weighted by molar-refractivity contribution is -0.119. The minimum atomic E-state index is -1.17. The summed E-state index contributed by atoms with van der Waals surface area (Å²) in [5, 5.41) is 4.02. The molecule has 0 N–H and O–H groups in total. The summed E-state index contributed by atoms with van der Waals surface area (Å²) in [5.41, 5.74) is 11.2. The smallest absolute Gasteiger partial charge is 0.257 e. The standard InChI is InChI=1S/C15H11ClN6O/c1-22-12-5-4-10(16)7-11(12)13(9-3-2-6-18-8-9)19-14(15(22)23)20-21-17/h2-8,14H,1H3. The maximum atomic E-state index is 12.5. The van der Waals surface area contributed by atoms with Crippen molar-refractivity contribution in [1.82, 2.24) is 4.98 Å². The number of azide groups is 1. The van der Waals surface area contributed by atoms with E-state index in [2.05, 4.69) is 20.0 Å². The van der Waals surface area contributed by atoms with E-state index < -0.39 is 12.1 Å². The highest BCUT2D eigenvalue weighted by Crippen LogP contribution is 2.30. The number of halogens is 1. The molecule has 0 fully saturated rings. The van der Waals surface area contributed by atoms with Crippen molar-refractivity contribution >= 4 is 28.9 Å². The molecule has 8 heteroatoms. The number of anilines is 1. The van der Waals surface area contributed by atoms with Crippen molar-refractivity contribution in [2.24, 2.45) is 10.1 Å². The van der Waals surface area contributed by atoms with E-state index >= 15 is 0 Å². The molecule has 1 amide bonds. The molecule has 1 aliphatic heterocycles. The summed E-state index contributed by atoms with van der Waals surface area (Å²) in [6, 6.07) is 8.74. The van der Waals surface area contributed by atoms with Crippen molar-refractivity contribution in [3.63, 3.8) is 0 Å². The van der Waals surface area contributed by atoms with Gasteiger partial charge in [-0.15, -0.1) is 0 Å². The Hall–Kier alpha value is -2.89.